The highest BCUT2D eigenvalue weighted by molar-refractivity contribution is 6.22. The van der Waals surface area contributed by atoms with E-state index in [-0.39, 0.29) is 17.1 Å². The summed E-state index contributed by atoms with van der Waals surface area (Å²) in [6.45, 7) is 4.09. The molecule has 1 aromatic carbocycles. The van der Waals surface area contributed by atoms with Crippen molar-refractivity contribution in [3.05, 3.63) is 41.0 Å². The summed E-state index contributed by atoms with van der Waals surface area (Å²) in [5.74, 6) is -0.272. The Bertz CT molecular complexity index is 484. The third-order valence-corrected chi connectivity index (χ3v) is 2.85. The first-order chi connectivity index (χ1) is 8.90. The van der Waals surface area contributed by atoms with E-state index >= 15 is 0 Å². The molecule has 1 rings (SSSR count). The molecule has 0 aliphatic heterocycles. The first kappa shape index (κ1) is 15.3. The van der Waals surface area contributed by atoms with Crippen molar-refractivity contribution in [1.29, 1.82) is 0 Å². The van der Waals surface area contributed by atoms with Gasteiger partial charge in [0.1, 0.15) is 0 Å². The molecule has 3 nitrogen and oxygen atoms in total. The molecule has 1 aromatic rings. The molecule has 0 unspecified atom stereocenters. The third kappa shape index (κ3) is 5.18. The monoisotopic (exact) mass is 259 g/mol. The number of rotatable bonds is 6. The molecule has 0 bridgehead atoms. The largest absolute Gasteiger partial charge is 0.309 e. The van der Waals surface area contributed by atoms with Gasteiger partial charge in [0.05, 0.1) is 5.57 Å². The Kier molecular flexibility index (Phi) is 5.64. The second-order valence-corrected chi connectivity index (χ2v) is 5.00. The standard InChI is InChI=1S/C16H21NO2/c1-12-5-7-14(8-6-12)11-15(13(2)18)16(19)9-10-17(3)4/h5-8,11H,9-10H2,1-4H3/b15-11+. The molecular weight excluding hydrogens is 238 g/mol. The molecular formula is C16H21NO2. The molecule has 0 aliphatic rings. The van der Waals surface area contributed by atoms with Gasteiger partial charge < -0.3 is 4.90 Å². The van der Waals surface area contributed by atoms with Gasteiger partial charge in [-0.05, 0) is 39.6 Å². The van der Waals surface area contributed by atoms with Gasteiger partial charge in [-0.2, -0.15) is 0 Å². The molecule has 0 aliphatic carbocycles. The van der Waals surface area contributed by atoms with Gasteiger partial charge in [-0.1, -0.05) is 29.8 Å². The van der Waals surface area contributed by atoms with Crippen LogP contribution in [0.3, 0.4) is 0 Å². The lowest BCUT2D eigenvalue weighted by Crippen LogP contribution is -2.19. The topological polar surface area (TPSA) is 37.4 Å². The lowest BCUT2D eigenvalue weighted by molar-refractivity contribution is -0.120. The van der Waals surface area contributed by atoms with Crippen LogP contribution in [0.5, 0.6) is 0 Å². The van der Waals surface area contributed by atoms with Crippen LogP contribution >= 0.6 is 0 Å². The molecule has 102 valence electrons. The van der Waals surface area contributed by atoms with E-state index in [1.165, 1.54) is 6.92 Å². The van der Waals surface area contributed by atoms with Crippen LogP contribution in [-0.2, 0) is 9.59 Å². The maximum Gasteiger partial charge on any atom is 0.167 e. The van der Waals surface area contributed by atoms with E-state index in [1.54, 1.807) is 6.08 Å². The minimum atomic E-state index is -0.177. The van der Waals surface area contributed by atoms with Crippen LogP contribution in [0.1, 0.15) is 24.5 Å². The summed E-state index contributed by atoms with van der Waals surface area (Å²) in [5, 5.41) is 0. The zero-order valence-corrected chi connectivity index (χ0v) is 12.1. The summed E-state index contributed by atoms with van der Waals surface area (Å²) >= 11 is 0. The quantitative estimate of drug-likeness (QED) is 0.447. The van der Waals surface area contributed by atoms with Gasteiger partial charge in [-0.3, -0.25) is 9.59 Å². The summed E-state index contributed by atoms with van der Waals surface area (Å²) < 4.78 is 0. The van der Waals surface area contributed by atoms with Crippen molar-refractivity contribution in [2.24, 2.45) is 0 Å². The molecule has 0 heterocycles. The lowest BCUT2D eigenvalue weighted by atomic mass is 10.0. The summed E-state index contributed by atoms with van der Waals surface area (Å²) in [4.78, 5) is 25.6. The molecule has 0 saturated heterocycles. The minimum absolute atomic E-state index is 0.0956. The van der Waals surface area contributed by atoms with E-state index in [9.17, 15) is 9.59 Å². The van der Waals surface area contributed by atoms with Crippen molar-refractivity contribution in [2.75, 3.05) is 20.6 Å². The van der Waals surface area contributed by atoms with Gasteiger partial charge in [-0.15, -0.1) is 0 Å². The number of Topliss-reactive ketones (excluding diaryl/α,β-unsaturated/α-hetero) is 2. The summed E-state index contributed by atoms with van der Waals surface area (Å²) in [6, 6.07) is 7.76. The van der Waals surface area contributed by atoms with E-state index in [0.29, 0.717) is 13.0 Å². The van der Waals surface area contributed by atoms with E-state index < -0.39 is 0 Å². The predicted octanol–water partition coefficient (Wildman–Crippen LogP) is 2.49. The zero-order chi connectivity index (χ0) is 14.4. The number of aryl methyl sites for hydroxylation is 1. The number of ketones is 2. The fourth-order valence-corrected chi connectivity index (χ4v) is 1.67. The van der Waals surface area contributed by atoms with E-state index in [2.05, 4.69) is 0 Å². The fourth-order valence-electron chi connectivity index (χ4n) is 1.67. The van der Waals surface area contributed by atoms with Crippen molar-refractivity contribution < 1.29 is 9.59 Å². The van der Waals surface area contributed by atoms with Crippen LogP contribution in [0.2, 0.25) is 0 Å². The molecule has 0 saturated carbocycles. The second-order valence-electron chi connectivity index (χ2n) is 5.00. The number of nitrogens with zero attached hydrogens (tertiary/aromatic N) is 1. The van der Waals surface area contributed by atoms with Gasteiger partial charge in [0, 0.05) is 13.0 Å². The number of hydrogen-bond donors (Lipinski definition) is 0. The maximum absolute atomic E-state index is 12.0. The Morgan fingerprint density at radius 1 is 1.16 bits per heavy atom. The zero-order valence-electron chi connectivity index (χ0n) is 12.1. The smallest absolute Gasteiger partial charge is 0.167 e. The Morgan fingerprint density at radius 2 is 1.74 bits per heavy atom. The minimum Gasteiger partial charge on any atom is -0.309 e. The molecule has 19 heavy (non-hydrogen) atoms. The number of hydrogen-bond acceptors (Lipinski definition) is 3. The lowest BCUT2D eigenvalue weighted by Gasteiger charge is -2.09. The van der Waals surface area contributed by atoms with Gasteiger partial charge in [0.25, 0.3) is 0 Å². The third-order valence-electron chi connectivity index (χ3n) is 2.85. The van der Waals surface area contributed by atoms with Crippen molar-refractivity contribution in [2.45, 2.75) is 20.3 Å². The highest BCUT2D eigenvalue weighted by atomic mass is 16.1. The van der Waals surface area contributed by atoms with E-state index in [1.807, 2.05) is 50.2 Å². The van der Waals surface area contributed by atoms with Gasteiger partial charge >= 0.3 is 0 Å². The Balaban J connectivity index is 2.91. The van der Waals surface area contributed by atoms with Gasteiger partial charge in [0.15, 0.2) is 11.6 Å². The van der Waals surface area contributed by atoms with Crippen LogP contribution in [0.15, 0.2) is 29.8 Å². The molecule has 0 amide bonds. The van der Waals surface area contributed by atoms with Crippen molar-refractivity contribution in [3.8, 4) is 0 Å². The molecule has 3 heteroatoms. The fraction of sp³-hybridized carbons (Fsp3) is 0.375. The summed E-state index contributed by atoms with van der Waals surface area (Å²) in [5.41, 5.74) is 2.32. The van der Waals surface area contributed by atoms with Gasteiger partial charge in [0.2, 0.25) is 0 Å². The van der Waals surface area contributed by atoms with E-state index in [4.69, 9.17) is 0 Å². The van der Waals surface area contributed by atoms with Crippen molar-refractivity contribution in [1.82, 2.24) is 4.90 Å². The van der Waals surface area contributed by atoms with Crippen LogP contribution in [0, 0.1) is 6.92 Å². The number of carbonyl (C=O) groups is 2. The molecule has 0 aromatic heterocycles. The van der Waals surface area contributed by atoms with Crippen LogP contribution in [0.4, 0.5) is 0 Å². The van der Waals surface area contributed by atoms with Crippen LogP contribution in [0.25, 0.3) is 6.08 Å². The normalized spacial score (nSPS) is 11.7. The summed E-state index contributed by atoms with van der Waals surface area (Å²) in [6.07, 6.45) is 2.05. The molecule has 0 radical (unpaired) electrons. The molecule has 0 atom stereocenters. The van der Waals surface area contributed by atoms with E-state index in [0.717, 1.165) is 11.1 Å². The average molecular weight is 259 g/mol. The number of allylic oxidation sites excluding steroid dienone is 1. The second kappa shape index (κ2) is 7.00. The van der Waals surface area contributed by atoms with Gasteiger partial charge in [-0.25, -0.2) is 0 Å². The predicted molar refractivity (Wildman–Crippen MR) is 78.0 cm³/mol. The molecule has 0 N–H and O–H groups in total. The Hall–Kier alpha value is -1.74. The van der Waals surface area contributed by atoms with Crippen molar-refractivity contribution in [3.63, 3.8) is 0 Å². The Labute approximate surface area is 114 Å². The molecule has 0 spiro atoms. The maximum atomic E-state index is 12.0. The Morgan fingerprint density at radius 3 is 2.21 bits per heavy atom. The van der Waals surface area contributed by atoms with Crippen molar-refractivity contribution >= 4 is 17.6 Å². The SMILES string of the molecule is CC(=O)/C(=C\c1ccc(C)cc1)C(=O)CCN(C)C. The highest BCUT2D eigenvalue weighted by Gasteiger charge is 2.14. The number of benzene rings is 1. The van der Waals surface area contributed by atoms with Crippen LogP contribution in [-0.4, -0.2) is 37.1 Å². The first-order valence-corrected chi connectivity index (χ1v) is 6.37. The first-order valence-electron chi connectivity index (χ1n) is 6.37. The van der Waals surface area contributed by atoms with Crippen LogP contribution < -0.4 is 0 Å². The average Bonchev–Trinajstić information content (AvgIpc) is 2.34. The summed E-state index contributed by atoms with van der Waals surface area (Å²) in [7, 11) is 3.81. The molecule has 0 fully saturated rings. The highest BCUT2D eigenvalue weighted by Crippen LogP contribution is 2.11. The number of carbonyl (C=O) groups excluding carboxylic acids is 2.